The van der Waals surface area contributed by atoms with Crippen molar-refractivity contribution in [2.75, 3.05) is 13.7 Å². The fraction of sp³-hybridized carbons (Fsp3) is 0.417. The largest absolute Gasteiger partial charge is 0.467 e. The summed E-state index contributed by atoms with van der Waals surface area (Å²) in [5.41, 5.74) is 0.670. The average molecular weight is 264 g/mol. The van der Waals surface area contributed by atoms with Gasteiger partial charge >= 0.3 is 0 Å². The molecule has 0 radical (unpaired) electrons. The van der Waals surface area contributed by atoms with Gasteiger partial charge in [-0.1, -0.05) is 5.21 Å². The van der Waals surface area contributed by atoms with Crippen molar-refractivity contribution in [3.05, 3.63) is 36.0 Å². The zero-order chi connectivity index (χ0) is 13.7. The van der Waals surface area contributed by atoms with Crippen LogP contribution >= 0.6 is 0 Å². The lowest BCUT2D eigenvalue weighted by Gasteiger charge is -2.15. The number of aliphatic hydroxyl groups is 1. The normalized spacial score (nSPS) is 10.6. The van der Waals surface area contributed by atoms with Gasteiger partial charge in [0.05, 0.1) is 18.5 Å². The van der Waals surface area contributed by atoms with Gasteiger partial charge in [0.15, 0.2) is 0 Å². The Morgan fingerprint density at radius 1 is 1.58 bits per heavy atom. The van der Waals surface area contributed by atoms with E-state index in [1.54, 1.807) is 30.5 Å². The average Bonchev–Trinajstić information content (AvgIpc) is 3.02. The van der Waals surface area contributed by atoms with E-state index in [-0.39, 0.29) is 19.1 Å². The molecule has 2 aromatic heterocycles. The van der Waals surface area contributed by atoms with E-state index in [4.69, 9.17) is 9.52 Å². The number of nitrogens with zero attached hydrogens (tertiary/aromatic N) is 4. The zero-order valence-electron chi connectivity index (χ0n) is 10.7. The second-order valence-corrected chi connectivity index (χ2v) is 4.21. The van der Waals surface area contributed by atoms with E-state index >= 15 is 0 Å². The molecular weight excluding hydrogens is 248 g/mol. The summed E-state index contributed by atoms with van der Waals surface area (Å²) in [4.78, 5) is 13.5. The molecule has 0 aromatic carbocycles. The third-order valence-corrected chi connectivity index (χ3v) is 2.65. The fourth-order valence-electron chi connectivity index (χ4n) is 1.63. The Balaban J connectivity index is 1.88. The predicted molar refractivity (Wildman–Crippen MR) is 66.0 cm³/mol. The number of hydrogen-bond donors (Lipinski definition) is 1. The lowest BCUT2D eigenvalue weighted by molar-refractivity contribution is -0.131. The standard InChI is InChI=1S/C12H16N4O3/c1-15(8-11-3-2-6-19-11)12(18)9-16-7-10(4-5-17)13-14-16/h2-3,6-7,17H,4-5,8-9H2,1H3. The monoisotopic (exact) mass is 264 g/mol. The second-order valence-electron chi connectivity index (χ2n) is 4.21. The summed E-state index contributed by atoms with van der Waals surface area (Å²) in [6.45, 7) is 0.560. The maximum atomic E-state index is 12.0. The summed E-state index contributed by atoms with van der Waals surface area (Å²) in [5, 5.41) is 16.5. The molecule has 0 saturated heterocycles. The van der Waals surface area contributed by atoms with E-state index in [0.717, 1.165) is 5.76 Å². The number of carbonyl (C=O) groups excluding carboxylic acids is 1. The lowest BCUT2D eigenvalue weighted by atomic mass is 10.3. The molecule has 0 aliphatic heterocycles. The van der Waals surface area contributed by atoms with Crippen molar-refractivity contribution in [1.29, 1.82) is 0 Å². The van der Waals surface area contributed by atoms with Crippen LogP contribution < -0.4 is 0 Å². The van der Waals surface area contributed by atoms with Crippen LogP contribution in [0.1, 0.15) is 11.5 Å². The van der Waals surface area contributed by atoms with Crippen molar-refractivity contribution in [2.45, 2.75) is 19.5 Å². The molecule has 2 rings (SSSR count). The van der Waals surface area contributed by atoms with Crippen molar-refractivity contribution in [3.8, 4) is 0 Å². The van der Waals surface area contributed by atoms with Crippen LogP contribution in [0.15, 0.2) is 29.0 Å². The van der Waals surface area contributed by atoms with Crippen molar-refractivity contribution < 1.29 is 14.3 Å². The first-order chi connectivity index (χ1) is 9.19. The first-order valence-corrected chi connectivity index (χ1v) is 5.95. The summed E-state index contributed by atoms with van der Waals surface area (Å²) >= 11 is 0. The topological polar surface area (TPSA) is 84.4 Å². The van der Waals surface area contributed by atoms with Crippen LogP contribution in [-0.2, 0) is 24.3 Å². The van der Waals surface area contributed by atoms with Crippen molar-refractivity contribution in [1.82, 2.24) is 19.9 Å². The minimum atomic E-state index is -0.0863. The molecule has 7 heteroatoms. The lowest BCUT2D eigenvalue weighted by Crippen LogP contribution is -2.29. The van der Waals surface area contributed by atoms with Gasteiger partial charge in [-0.15, -0.1) is 5.10 Å². The summed E-state index contributed by atoms with van der Waals surface area (Å²) in [6.07, 6.45) is 3.68. The summed E-state index contributed by atoms with van der Waals surface area (Å²) in [5.74, 6) is 0.646. The smallest absolute Gasteiger partial charge is 0.244 e. The number of aliphatic hydroxyl groups excluding tert-OH is 1. The first-order valence-electron chi connectivity index (χ1n) is 5.95. The van der Waals surface area contributed by atoms with Gasteiger partial charge in [-0.05, 0) is 12.1 Å². The van der Waals surface area contributed by atoms with E-state index in [9.17, 15) is 4.79 Å². The molecule has 0 fully saturated rings. The van der Waals surface area contributed by atoms with E-state index in [1.165, 1.54) is 4.68 Å². The van der Waals surface area contributed by atoms with Gasteiger partial charge in [-0.2, -0.15) is 0 Å². The van der Waals surface area contributed by atoms with Gasteiger partial charge in [0.25, 0.3) is 0 Å². The van der Waals surface area contributed by atoms with Gasteiger partial charge in [0.1, 0.15) is 12.3 Å². The molecule has 0 saturated carbocycles. The Kier molecular flexibility index (Phi) is 4.30. The van der Waals surface area contributed by atoms with Crippen LogP contribution in [0.2, 0.25) is 0 Å². The van der Waals surface area contributed by atoms with Crippen LogP contribution in [0.5, 0.6) is 0 Å². The number of rotatable bonds is 6. The molecule has 102 valence electrons. The highest BCUT2D eigenvalue weighted by Gasteiger charge is 2.12. The van der Waals surface area contributed by atoms with Crippen LogP contribution in [0.4, 0.5) is 0 Å². The molecule has 0 aliphatic carbocycles. The van der Waals surface area contributed by atoms with Gasteiger partial charge in [0, 0.05) is 26.3 Å². The Morgan fingerprint density at radius 2 is 2.42 bits per heavy atom. The summed E-state index contributed by atoms with van der Waals surface area (Å²) in [7, 11) is 1.70. The molecule has 0 aliphatic rings. The fourth-order valence-corrected chi connectivity index (χ4v) is 1.63. The van der Waals surface area contributed by atoms with E-state index < -0.39 is 0 Å². The zero-order valence-corrected chi connectivity index (χ0v) is 10.7. The van der Waals surface area contributed by atoms with E-state index in [0.29, 0.717) is 18.7 Å². The minimum absolute atomic E-state index is 0.0189. The molecule has 0 atom stereocenters. The number of aromatic nitrogens is 3. The summed E-state index contributed by atoms with van der Waals surface area (Å²) in [6, 6.07) is 3.60. The van der Waals surface area contributed by atoms with Crippen LogP contribution in [0, 0.1) is 0 Å². The van der Waals surface area contributed by atoms with E-state index in [2.05, 4.69) is 10.3 Å². The highest BCUT2D eigenvalue weighted by molar-refractivity contribution is 5.75. The molecule has 2 aromatic rings. The Bertz CT molecular complexity index is 521. The molecule has 0 unspecified atom stereocenters. The third kappa shape index (κ3) is 3.65. The molecule has 1 amide bonds. The summed E-state index contributed by atoms with van der Waals surface area (Å²) < 4.78 is 6.65. The molecular formula is C12H16N4O3. The van der Waals surface area contributed by atoms with Crippen molar-refractivity contribution >= 4 is 5.91 Å². The maximum Gasteiger partial charge on any atom is 0.244 e. The van der Waals surface area contributed by atoms with Gasteiger partial charge in [0.2, 0.25) is 5.91 Å². The molecule has 2 heterocycles. The van der Waals surface area contributed by atoms with Crippen molar-refractivity contribution in [2.24, 2.45) is 0 Å². The van der Waals surface area contributed by atoms with Gasteiger partial charge in [-0.3, -0.25) is 4.79 Å². The highest BCUT2D eigenvalue weighted by atomic mass is 16.3. The number of furan rings is 1. The molecule has 7 nitrogen and oxygen atoms in total. The molecule has 1 N–H and O–H groups in total. The first kappa shape index (κ1) is 13.3. The molecule has 19 heavy (non-hydrogen) atoms. The van der Waals surface area contributed by atoms with E-state index in [1.807, 2.05) is 6.07 Å². The van der Waals surface area contributed by atoms with Crippen LogP contribution in [0.3, 0.4) is 0 Å². The number of amides is 1. The molecule has 0 spiro atoms. The van der Waals surface area contributed by atoms with Gasteiger partial charge in [-0.25, -0.2) is 4.68 Å². The Morgan fingerprint density at radius 3 is 3.11 bits per heavy atom. The number of hydrogen-bond acceptors (Lipinski definition) is 5. The number of likely N-dealkylation sites (N-methyl/N-ethyl adjacent to an activating group) is 1. The Hall–Kier alpha value is -2.15. The minimum Gasteiger partial charge on any atom is -0.467 e. The van der Waals surface area contributed by atoms with Crippen LogP contribution in [-0.4, -0.2) is 44.6 Å². The highest BCUT2D eigenvalue weighted by Crippen LogP contribution is 2.04. The second kappa shape index (κ2) is 6.14. The van der Waals surface area contributed by atoms with Crippen molar-refractivity contribution in [3.63, 3.8) is 0 Å². The van der Waals surface area contributed by atoms with Crippen LogP contribution in [0.25, 0.3) is 0 Å². The van der Waals surface area contributed by atoms with Gasteiger partial charge < -0.3 is 14.4 Å². The maximum absolute atomic E-state index is 12.0. The third-order valence-electron chi connectivity index (χ3n) is 2.65. The predicted octanol–water partition coefficient (Wildman–Crippen LogP) is 0.0645. The SMILES string of the molecule is CN(Cc1ccco1)C(=O)Cn1cc(CCO)nn1. The Labute approximate surface area is 110 Å². The number of carbonyl (C=O) groups is 1. The quantitative estimate of drug-likeness (QED) is 0.797. The molecule has 0 bridgehead atoms.